The highest BCUT2D eigenvalue weighted by molar-refractivity contribution is 14.1. The molecule has 0 saturated carbocycles. The van der Waals surface area contributed by atoms with Crippen molar-refractivity contribution < 1.29 is 17.6 Å². The van der Waals surface area contributed by atoms with Gasteiger partial charge in [0.2, 0.25) is 0 Å². The molecule has 0 bridgehead atoms. The van der Waals surface area contributed by atoms with Crippen molar-refractivity contribution in [1.82, 2.24) is 0 Å². The maximum atomic E-state index is 5.59. The van der Waals surface area contributed by atoms with Crippen LogP contribution in [0, 0.1) is 0 Å². The number of unbranched alkanes of at least 4 members (excludes halogenated alkanes) is 1. The minimum absolute atomic E-state index is 0.0716. The molecule has 2 atom stereocenters. The van der Waals surface area contributed by atoms with Crippen molar-refractivity contribution in [2.24, 2.45) is 0 Å². The molecule has 1 fully saturated rings. The van der Waals surface area contributed by atoms with E-state index in [1.165, 1.54) is 0 Å². The first-order chi connectivity index (χ1) is 7.36. The van der Waals surface area contributed by atoms with Crippen molar-refractivity contribution in [2.75, 3.05) is 13.2 Å². The number of rotatable bonds is 8. The lowest BCUT2D eigenvalue weighted by Crippen LogP contribution is -2.18. The van der Waals surface area contributed by atoms with Crippen LogP contribution in [0.25, 0.3) is 0 Å². The van der Waals surface area contributed by atoms with Crippen LogP contribution in [0.4, 0.5) is 0 Å². The van der Waals surface area contributed by atoms with Gasteiger partial charge in [0, 0.05) is 6.42 Å². The molecule has 4 nitrogen and oxygen atoms in total. The van der Waals surface area contributed by atoms with Crippen LogP contribution in [0.15, 0.2) is 12.7 Å². The highest BCUT2D eigenvalue weighted by atomic mass is 127. The molecular weight excluding hydrogens is 311 g/mol. The molecule has 0 aromatic rings. The average molecular weight is 328 g/mol. The molecule has 15 heavy (non-hydrogen) atoms. The Morgan fingerprint density at radius 2 is 2.33 bits per heavy atom. The Morgan fingerprint density at radius 1 is 1.47 bits per heavy atom. The van der Waals surface area contributed by atoms with Crippen LogP contribution in [0.2, 0.25) is 0 Å². The second-order valence-corrected chi connectivity index (χ2v) is 3.77. The minimum Gasteiger partial charge on any atom is -0.353 e. The van der Waals surface area contributed by atoms with Gasteiger partial charge in [0.15, 0.2) is 29.3 Å². The Morgan fingerprint density at radius 3 is 3.07 bits per heavy atom. The lowest BCUT2D eigenvalue weighted by molar-refractivity contribution is -0.209. The monoisotopic (exact) mass is 328 g/mol. The van der Waals surface area contributed by atoms with Gasteiger partial charge in [-0.2, -0.15) is 3.22 Å². The van der Waals surface area contributed by atoms with Gasteiger partial charge in [-0.25, -0.2) is 4.89 Å². The highest BCUT2D eigenvalue weighted by Gasteiger charge is 2.25. The molecule has 88 valence electrons. The fraction of sp³-hybridized carbons (Fsp3) is 0.800. The Balaban J connectivity index is 2.00. The molecule has 0 radical (unpaired) electrons. The quantitative estimate of drug-likeness (QED) is 0.226. The van der Waals surface area contributed by atoms with E-state index in [4.69, 9.17) is 14.4 Å². The maximum absolute atomic E-state index is 5.59. The van der Waals surface area contributed by atoms with Crippen molar-refractivity contribution in [1.29, 1.82) is 0 Å². The van der Waals surface area contributed by atoms with Crippen LogP contribution in [-0.2, 0) is 17.6 Å². The number of hydrogen-bond donors (Lipinski definition) is 0. The first-order valence-electron chi connectivity index (χ1n) is 5.15. The summed E-state index contributed by atoms with van der Waals surface area (Å²) in [6.45, 7) is 4.85. The Hall–Kier alpha value is 0.310. The molecule has 0 N–H and O–H groups in total. The Kier molecular flexibility index (Phi) is 7.54. The van der Waals surface area contributed by atoms with Crippen LogP contribution in [0.1, 0.15) is 25.7 Å². The van der Waals surface area contributed by atoms with E-state index in [1.807, 2.05) is 6.08 Å². The number of hydrogen-bond acceptors (Lipinski definition) is 4. The second kappa shape index (κ2) is 8.46. The molecule has 0 spiro atoms. The molecule has 1 aliphatic rings. The van der Waals surface area contributed by atoms with E-state index in [0.29, 0.717) is 6.61 Å². The number of allylic oxidation sites excluding steroid dienone is 1. The molecule has 1 aliphatic heterocycles. The smallest absolute Gasteiger partial charge is 0.158 e. The summed E-state index contributed by atoms with van der Waals surface area (Å²) in [5, 5.41) is 0. The topological polar surface area (TPSA) is 36.9 Å². The van der Waals surface area contributed by atoms with E-state index >= 15 is 0 Å². The normalized spacial score (nSPS) is 25.7. The van der Waals surface area contributed by atoms with Crippen molar-refractivity contribution in [2.45, 2.75) is 38.1 Å². The standard InChI is InChI=1S/C10H17IO4/c1-2-3-4-7-12-10-6-5-9(14-10)8-13-15-11/h2,9-10H,1,3-8H2. The molecule has 0 aromatic heterocycles. The summed E-state index contributed by atoms with van der Waals surface area (Å²) in [4.78, 5) is 4.80. The SMILES string of the molecule is C=CCCCOC1CCC(COOI)O1. The number of halogens is 1. The summed E-state index contributed by atoms with van der Waals surface area (Å²) in [7, 11) is 0. The van der Waals surface area contributed by atoms with E-state index < -0.39 is 0 Å². The highest BCUT2D eigenvalue weighted by Crippen LogP contribution is 2.21. The zero-order valence-corrected chi connectivity index (χ0v) is 10.9. The Labute approximate surface area is 105 Å². The van der Waals surface area contributed by atoms with E-state index in [2.05, 4.69) is 9.80 Å². The van der Waals surface area contributed by atoms with Gasteiger partial charge in [-0.15, -0.1) is 6.58 Å². The van der Waals surface area contributed by atoms with Crippen LogP contribution in [0.5, 0.6) is 0 Å². The largest absolute Gasteiger partial charge is 0.353 e. The molecule has 0 aromatic carbocycles. The third-order valence-electron chi connectivity index (χ3n) is 2.22. The summed E-state index contributed by atoms with van der Waals surface area (Å²) in [6.07, 6.45) is 5.81. The predicted octanol–water partition coefficient (Wildman–Crippen LogP) is 2.77. The number of ether oxygens (including phenoxy) is 2. The molecule has 1 heterocycles. The molecule has 5 heteroatoms. The lowest BCUT2D eigenvalue weighted by atomic mass is 10.2. The third kappa shape index (κ3) is 5.82. The van der Waals surface area contributed by atoms with Gasteiger partial charge in [-0.3, -0.25) is 0 Å². The summed E-state index contributed by atoms with van der Waals surface area (Å²) in [6, 6.07) is 0. The molecule has 2 unspecified atom stereocenters. The fourth-order valence-electron chi connectivity index (χ4n) is 1.46. The van der Waals surface area contributed by atoms with E-state index in [1.54, 1.807) is 23.0 Å². The second-order valence-electron chi connectivity index (χ2n) is 3.41. The summed E-state index contributed by atoms with van der Waals surface area (Å²) < 4.78 is 15.6. The van der Waals surface area contributed by atoms with Crippen molar-refractivity contribution in [3.63, 3.8) is 0 Å². The maximum Gasteiger partial charge on any atom is 0.158 e. The Bertz CT molecular complexity index is 177. The first-order valence-corrected chi connectivity index (χ1v) is 6.03. The van der Waals surface area contributed by atoms with E-state index in [-0.39, 0.29) is 12.4 Å². The van der Waals surface area contributed by atoms with Crippen LogP contribution >= 0.6 is 23.0 Å². The average Bonchev–Trinajstić information content (AvgIpc) is 2.69. The summed E-state index contributed by atoms with van der Waals surface area (Å²) >= 11 is 1.69. The van der Waals surface area contributed by atoms with Crippen LogP contribution in [0.3, 0.4) is 0 Å². The van der Waals surface area contributed by atoms with E-state index in [9.17, 15) is 0 Å². The van der Waals surface area contributed by atoms with Gasteiger partial charge in [-0.1, -0.05) is 6.08 Å². The van der Waals surface area contributed by atoms with Gasteiger partial charge in [-0.05, 0) is 19.3 Å². The van der Waals surface area contributed by atoms with E-state index in [0.717, 1.165) is 32.3 Å². The zero-order chi connectivity index (χ0) is 10.9. The van der Waals surface area contributed by atoms with Crippen LogP contribution in [-0.4, -0.2) is 25.6 Å². The van der Waals surface area contributed by atoms with Gasteiger partial charge in [0.1, 0.15) is 6.61 Å². The molecule has 1 rings (SSSR count). The first kappa shape index (κ1) is 13.4. The van der Waals surface area contributed by atoms with Gasteiger partial charge in [0.05, 0.1) is 12.7 Å². The molecular formula is C10H17IO4. The molecule has 1 saturated heterocycles. The molecule has 0 aliphatic carbocycles. The van der Waals surface area contributed by atoms with Crippen molar-refractivity contribution in [3.05, 3.63) is 12.7 Å². The summed E-state index contributed by atoms with van der Waals surface area (Å²) in [5.74, 6) is 0. The van der Waals surface area contributed by atoms with Gasteiger partial charge < -0.3 is 9.47 Å². The molecule has 0 amide bonds. The fourth-order valence-corrected chi connectivity index (χ4v) is 1.61. The predicted molar refractivity (Wildman–Crippen MR) is 64.3 cm³/mol. The third-order valence-corrected chi connectivity index (χ3v) is 2.48. The lowest BCUT2D eigenvalue weighted by Gasteiger charge is -2.13. The van der Waals surface area contributed by atoms with Gasteiger partial charge >= 0.3 is 0 Å². The minimum atomic E-state index is -0.0716. The van der Waals surface area contributed by atoms with Gasteiger partial charge in [0.25, 0.3) is 0 Å². The van der Waals surface area contributed by atoms with Crippen molar-refractivity contribution in [3.8, 4) is 0 Å². The summed E-state index contributed by atoms with van der Waals surface area (Å²) in [5.41, 5.74) is 0. The zero-order valence-electron chi connectivity index (χ0n) is 8.69. The van der Waals surface area contributed by atoms with Crippen molar-refractivity contribution >= 4 is 23.0 Å². The van der Waals surface area contributed by atoms with Crippen LogP contribution < -0.4 is 0 Å².